The second-order valence-electron chi connectivity index (χ2n) is 7.77. The Labute approximate surface area is 196 Å². The molecule has 0 unspecified atom stereocenters. The van der Waals surface area contributed by atoms with Crippen molar-refractivity contribution in [1.29, 1.82) is 0 Å². The number of benzene rings is 2. The molecule has 0 fully saturated rings. The summed E-state index contributed by atoms with van der Waals surface area (Å²) in [7, 11) is 0. The number of hydrogen-bond acceptors (Lipinski definition) is 5. The Bertz CT molecular complexity index is 1060. The largest absolute Gasteiger partial charge is 0.573 e. The van der Waals surface area contributed by atoms with E-state index in [1.54, 1.807) is 6.20 Å². The van der Waals surface area contributed by atoms with E-state index in [4.69, 9.17) is 11.6 Å². The number of ether oxygens (including phenoxy) is 1. The second kappa shape index (κ2) is 11.4. The van der Waals surface area contributed by atoms with Crippen molar-refractivity contribution in [3.63, 3.8) is 0 Å². The van der Waals surface area contributed by atoms with Gasteiger partial charge in [0.1, 0.15) is 11.5 Å². The van der Waals surface area contributed by atoms with Crippen molar-refractivity contribution in [2.24, 2.45) is 0 Å². The number of phenols is 1. The third-order valence-corrected chi connectivity index (χ3v) is 5.37. The van der Waals surface area contributed by atoms with Crippen LogP contribution in [0.1, 0.15) is 31.7 Å². The Kier molecular flexibility index (Phi) is 8.63. The van der Waals surface area contributed by atoms with E-state index < -0.39 is 6.36 Å². The van der Waals surface area contributed by atoms with E-state index in [-0.39, 0.29) is 11.5 Å². The summed E-state index contributed by atoms with van der Waals surface area (Å²) in [5.74, 6) is -0.376. The fraction of sp³-hybridized carbons (Fsp3) is 0.375. The molecule has 0 atom stereocenters. The number of pyridine rings is 1. The van der Waals surface area contributed by atoms with Crippen LogP contribution in [0.4, 0.5) is 18.9 Å². The summed E-state index contributed by atoms with van der Waals surface area (Å²) >= 11 is 6.04. The number of hydrogen-bond donors (Lipinski definition) is 2. The SMILES string of the molecule is CCCN(CCCCNc1ccnc2cc(Cl)ccc12)Cc1cc(OC(F)(F)F)ccc1O. The van der Waals surface area contributed by atoms with Gasteiger partial charge in [0.2, 0.25) is 0 Å². The van der Waals surface area contributed by atoms with Crippen LogP contribution in [-0.2, 0) is 6.54 Å². The number of halogens is 4. The van der Waals surface area contributed by atoms with E-state index in [2.05, 4.69) is 19.9 Å². The summed E-state index contributed by atoms with van der Waals surface area (Å²) < 4.78 is 41.5. The second-order valence-corrected chi connectivity index (χ2v) is 8.20. The molecule has 33 heavy (non-hydrogen) atoms. The summed E-state index contributed by atoms with van der Waals surface area (Å²) in [6.45, 7) is 4.68. The number of aromatic hydroxyl groups is 1. The summed E-state index contributed by atoms with van der Waals surface area (Å²) in [6.07, 6.45) is -0.338. The molecule has 0 radical (unpaired) electrons. The number of phenolic OH excluding ortho intramolecular Hbond substituents is 1. The number of rotatable bonds is 11. The summed E-state index contributed by atoms with van der Waals surface area (Å²) in [5, 5.41) is 15.2. The van der Waals surface area contributed by atoms with Gasteiger partial charge in [0.15, 0.2) is 0 Å². The van der Waals surface area contributed by atoms with Gasteiger partial charge in [-0.1, -0.05) is 18.5 Å². The maximum absolute atomic E-state index is 12.5. The molecule has 178 valence electrons. The monoisotopic (exact) mass is 481 g/mol. The molecule has 2 aromatic carbocycles. The molecule has 0 bridgehead atoms. The molecule has 2 N–H and O–H groups in total. The lowest BCUT2D eigenvalue weighted by Crippen LogP contribution is -2.26. The summed E-state index contributed by atoms with van der Waals surface area (Å²) in [5.41, 5.74) is 2.23. The van der Waals surface area contributed by atoms with Crippen LogP contribution < -0.4 is 10.1 Å². The Morgan fingerprint density at radius 1 is 1.09 bits per heavy atom. The highest BCUT2D eigenvalue weighted by Gasteiger charge is 2.31. The fourth-order valence-electron chi connectivity index (χ4n) is 3.67. The quantitative estimate of drug-likeness (QED) is 0.302. The van der Waals surface area contributed by atoms with Gasteiger partial charge in [-0.05, 0) is 74.8 Å². The smallest absolute Gasteiger partial charge is 0.508 e. The van der Waals surface area contributed by atoms with Gasteiger partial charge in [0, 0.05) is 40.9 Å². The van der Waals surface area contributed by atoms with Crippen molar-refractivity contribution >= 4 is 28.2 Å². The molecule has 3 rings (SSSR count). The lowest BCUT2D eigenvalue weighted by Gasteiger charge is -2.23. The van der Waals surface area contributed by atoms with Crippen LogP contribution in [0.25, 0.3) is 10.9 Å². The molecule has 1 heterocycles. The molecule has 5 nitrogen and oxygen atoms in total. The van der Waals surface area contributed by atoms with Crippen LogP contribution in [0.15, 0.2) is 48.7 Å². The zero-order valence-corrected chi connectivity index (χ0v) is 19.1. The first-order valence-corrected chi connectivity index (χ1v) is 11.2. The molecule has 0 aliphatic carbocycles. The molecule has 1 aromatic heterocycles. The normalized spacial score (nSPS) is 11.8. The van der Waals surface area contributed by atoms with Gasteiger partial charge in [-0.3, -0.25) is 9.88 Å². The third kappa shape index (κ3) is 7.68. The van der Waals surface area contributed by atoms with Crippen LogP contribution >= 0.6 is 11.6 Å². The zero-order valence-electron chi connectivity index (χ0n) is 18.3. The van der Waals surface area contributed by atoms with E-state index in [9.17, 15) is 18.3 Å². The minimum Gasteiger partial charge on any atom is -0.508 e. The molecule has 0 spiro atoms. The van der Waals surface area contributed by atoms with Crippen molar-refractivity contribution in [3.8, 4) is 11.5 Å². The lowest BCUT2D eigenvalue weighted by molar-refractivity contribution is -0.274. The first kappa shape index (κ1) is 24.9. The van der Waals surface area contributed by atoms with Crippen LogP contribution in [0, 0.1) is 0 Å². The maximum atomic E-state index is 12.5. The Morgan fingerprint density at radius 2 is 1.91 bits per heavy atom. The van der Waals surface area contributed by atoms with Crippen LogP contribution in [0.2, 0.25) is 5.02 Å². The number of nitrogens with one attached hydrogen (secondary N) is 1. The molecule has 0 saturated heterocycles. The minimum absolute atomic E-state index is 0.0445. The fourth-order valence-corrected chi connectivity index (χ4v) is 3.84. The van der Waals surface area contributed by atoms with E-state index in [0.717, 1.165) is 61.6 Å². The van der Waals surface area contributed by atoms with E-state index in [1.165, 1.54) is 12.1 Å². The highest BCUT2D eigenvalue weighted by Crippen LogP contribution is 2.29. The number of fused-ring (bicyclic) bond motifs is 1. The molecular formula is C24H27ClF3N3O2. The number of alkyl halides is 3. The Balaban J connectivity index is 1.53. The standard InChI is InChI=1S/C24H27ClF3N3O2/c1-2-12-31(16-17-14-19(6-8-23(17)32)33-24(26,27)28)13-4-3-10-29-21-9-11-30-22-15-18(25)5-7-20(21)22/h5-9,11,14-15,32H,2-4,10,12-13,16H2,1H3,(H,29,30). The topological polar surface area (TPSA) is 57.6 Å². The molecule has 3 aromatic rings. The Hall–Kier alpha value is -2.71. The lowest BCUT2D eigenvalue weighted by atomic mass is 10.1. The molecule has 0 amide bonds. The number of aromatic nitrogens is 1. The predicted octanol–water partition coefficient (Wildman–Crippen LogP) is 6.60. The molecule has 0 aliphatic heterocycles. The first-order chi connectivity index (χ1) is 15.7. The highest BCUT2D eigenvalue weighted by atomic mass is 35.5. The van der Waals surface area contributed by atoms with Crippen molar-refractivity contribution < 1.29 is 23.0 Å². The third-order valence-electron chi connectivity index (χ3n) is 5.14. The average Bonchev–Trinajstić information content (AvgIpc) is 2.74. The van der Waals surface area contributed by atoms with Crippen LogP contribution in [-0.4, -0.2) is 41.0 Å². The van der Waals surface area contributed by atoms with Crippen molar-refractivity contribution in [3.05, 3.63) is 59.2 Å². The summed E-state index contributed by atoms with van der Waals surface area (Å²) in [4.78, 5) is 6.46. The van der Waals surface area contributed by atoms with Crippen molar-refractivity contribution in [1.82, 2.24) is 9.88 Å². The van der Waals surface area contributed by atoms with Crippen LogP contribution in [0.5, 0.6) is 11.5 Å². The van der Waals surface area contributed by atoms with E-state index in [1.807, 2.05) is 31.2 Å². The van der Waals surface area contributed by atoms with Crippen molar-refractivity contribution in [2.45, 2.75) is 39.1 Å². The van der Waals surface area contributed by atoms with Gasteiger partial charge in [-0.2, -0.15) is 0 Å². The molecule has 0 saturated carbocycles. The molecular weight excluding hydrogens is 455 g/mol. The molecule has 0 aliphatic rings. The maximum Gasteiger partial charge on any atom is 0.573 e. The number of nitrogens with zero attached hydrogens (tertiary/aromatic N) is 2. The Morgan fingerprint density at radius 3 is 2.67 bits per heavy atom. The number of anilines is 1. The van der Waals surface area contributed by atoms with Crippen LogP contribution in [0.3, 0.4) is 0 Å². The van der Waals surface area contributed by atoms with Crippen molar-refractivity contribution in [2.75, 3.05) is 25.0 Å². The first-order valence-electron chi connectivity index (χ1n) is 10.8. The van der Waals surface area contributed by atoms with Gasteiger partial charge in [-0.15, -0.1) is 13.2 Å². The van der Waals surface area contributed by atoms with Gasteiger partial charge < -0.3 is 15.2 Å². The molecule has 9 heteroatoms. The van der Waals surface area contributed by atoms with Gasteiger partial charge in [0.05, 0.1) is 5.52 Å². The summed E-state index contributed by atoms with van der Waals surface area (Å²) in [6, 6.07) is 11.1. The predicted molar refractivity (Wildman–Crippen MR) is 125 cm³/mol. The van der Waals surface area contributed by atoms with Gasteiger partial charge in [0.25, 0.3) is 0 Å². The van der Waals surface area contributed by atoms with E-state index >= 15 is 0 Å². The number of unbranched alkanes of at least 4 members (excludes halogenated alkanes) is 1. The zero-order chi connectivity index (χ0) is 23.8. The average molecular weight is 482 g/mol. The highest BCUT2D eigenvalue weighted by molar-refractivity contribution is 6.31. The minimum atomic E-state index is -4.77. The van der Waals surface area contributed by atoms with Gasteiger partial charge >= 0.3 is 6.36 Å². The van der Waals surface area contributed by atoms with Gasteiger partial charge in [-0.25, -0.2) is 0 Å². The van der Waals surface area contributed by atoms with E-state index in [0.29, 0.717) is 17.1 Å².